The maximum absolute atomic E-state index is 10.7. The van der Waals surface area contributed by atoms with Crippen LogP contribution in [0.25, 0.3) is 0 Å². The van der Waals surface area contributed by atoms with Gasteiger partial charge in [-0.3, -0.25) is 9.59 Å². The summed E-state index contributed by atoms with van der Waals surface area (Å²) in [4.78, 5) is 23.5. The average molecular weight is 213 g/mol. The lowest BCUT2D eigenvalue weighted by atomic mass is 10.4. The first-order valence-corrected chi connectivity index (χ1v) is 4.95. The number of aryl methyl sites for hydroxylation is 1. The van der Waals surface area contributed by atoms with Crippen LogP contribution < -0.4 is 4.90 Å². The second-order valence-electron chi connectivity index (χ2n) is 2.83. The molecule has 1 heterocycles. The largest absolute Gasteiger partial charge is 0.481 e. The van der Waals surface area contributed by atoms with Gasteiger partial charge in [-0.15, -0.1) is 11.3 Å². The molecule has 0 bridgehead atoms. The lowest BCUT2D eigenvalue weighted by molar-refractivity contribution is -0.136. The highest BCUT2D eigenvalue weighted by molar-refractivity contribution is 7.16. The van der Waals surface area contributed by atoms with Gasteiger partial charge in [0.25, 0.3) is 0 Å². The minimum absolute atomic E-state index is 0.0321. The number of rotatable bonds is 5. The summed E-state index contributed by atoms with van der Waals surface area (Å²) in [7, 11) is 0. The molecule has 0 spiro atoms. The third kappa shape index (κ3) is 2.85. The van der Waals surface area contributed by atoms with E-state index in [2.05, 4.69) is 0 Å². The van der Waals surface area contributed by atoms with Gasteiger partial charge in [-0.2, -0.15) is 0 Å². The number of carbonyl (C=O) groups excluding carboxylic acids is 1. The Morgan fingerprint density at radius 1 is 1.64 bits per heavy atom. The Bertz CT molecular complexity index is 335. The van der Waals surface area contributed by atoms with Gasteiger partial charge in [0.15, 0.2) is 0 Å². The number of hydrogen-bond donors (Lipinski definition) is 1. The standard InChI is InChI=1S/C9H11NO3S/c1-7-2-3-8(14-7)10(6-11)5-4-9(12)13/h2-3,6H,4-5H2,1H3,(H,12,13). The molecule has 0 saturated heterocycles. The summed E-state index contributed by atoms with van der Waals surface area (Å²) in [5.41, 5.74) is 0. The van der Waals surface area contributed by atoms with Crippen LogP contribution in [0.5, 0.6) is 0 Å². The molecular formula is C9H11NO3S. The number of thiophene rings is 1. The maximum atomic E-state index is 10.7. The molecule has 0 aromatic carbocycles. The zero-order valence-corrected chi connectivity index (χ0v) is 8.58. The Labute approximate surface area is 85.8 Å². The summed E-state index contributed by atoms with van der Waals surface area (Å²) in [6.07, 6.45) is 0.629. The molecule has 1 amide bonds. The van der Waals surface area contributed by atoms with Crippen LogP contribution in [0, 0.1) is 6.92 Å². The normalized spacial score (nSPS) is 9.79. The van der Waals surface area contributed by atoms with E-state index in [0.29, 0.717) is 6.41 Å². The van der Waals surface area contributed by atoms with E-state index in [1.165, 1.54) is 16.2 Å². The predicted octanol–water partition coefficient (Wildman–Crippen LogP) is 1.49. The van der Waals surface area contributed by atoms with E-state index < -0.39 is 5.97 Å². The molecule has 0 fully saturated rings. The van der Waals surface area contributed by atoms with Gasteiger partial charge < -0.3 is 10.0 Å². The highest BCUT2D eigenvalue weighted by atomic mass is 32.1. The number of amides is 1. The summed E-state index contributed by atoms with van der Waals surface area (Å²) < 4.78 is 0. The molecule has 0 aliphatic carbocycles. The fourth-order valence-corrected chi connectivity index (χ4v) is 1.86. The zero-order chi connectivity index (χ0) is 10.6. The van der Waals surface area contributed by atoms with E-state index in [-0.39, 0.29) is 13.0 Å². The zero-order valence-electron chi connectivity index (χ0n) is 7.77. The van der Waals surface area contributed by atoms with Crippen molar-refractivity contribution in [3.8, 4) is 0 Å². The molecule has 1 aromatic heterocycles. The summed E-state index contributed by atoms with van der Waals surface area (Å²) in [5.74, 6) is -0.898. The third-order valence-corrected chi connectivity index (χ3v) is 2.74. The molecule has 0 saturated carbocycles. The number of aliphatic carboxylic acids is 1. The van der Waals surface area contributed by atoms with E-state index in [1.807, 2.05) is 19.1 Å². The van der Waals surface area contributed by atoms with Gasteiger partial charge in [0, 0.05) is 11.4 Å². The lowest BCUT2D eigenvalue weighted by Crippen LogP contribution is -2.23. The third-order valence-electron chi connectivity index (χ3n) is 1.70. The van der Waals surface area contributed by atoms with Crippen molar-refractivity contribution in [3.05, 3.63) is 17.0 Å². The van der Waals surface area contributed by atoms with Crippen molar-refractivity contribution in [2.45, 2.75) is 13.3 Å². The summed E-state index contributed by atoms with van der Waals surface area (Å²) in [6.45, 7) is 2.16. The number of carbonyl (C=O) groups is 2. The first-order valence-electron chi connectivity index (χ1n) is 4.13. The molecule has 0 atom stereocenters. The Morgan fingerprint density at radius 2 is 2.36 bits per heavy atom. The van der Waals surface area contributed by atoms with E-state index >= 15 is 0 Å². The molecule has 1 aromatic rings. The second kappa shape index (κ2) is 4.76. The van der Waals surface area contributed by atoms with Crippen molar-refractivity contribution in [2.75, 3.05) is 11.4 Å². The first-order chi connectivity index (χ1) is 6.63. The molecule has 76 valence electrons. The first kappa shape index (κ1) is 10.7. The maximum Gasteiger partial charge on any atom is 0.305 e. The molecule has 1 N–H and O–H groups in total. The van der Waals surface area contributed by atoms with Crippen molar-refractivity contribution in [1.82, 2.24) is 0 Å². The number of carboxylic acid groups (broad SMARTS) is 1. The fourth-order valence-electron chi connectivity index (χ4n) is 1.01. The lowest BCUT2D eigenvalue weighted by Gasteiger charge is -2.12. The summed E-state index contributed by atoms with van der Waals surface area (Å²) in [6, 6.07) is 3.72. The Hall–Kier alpha value is -1.36. The molecule has 0 unspecified atom stereocenters. The van der Waals surface area contributed by atoms with Gasteiger partial charge in [-0.05, 0) is 19.1 Å². The number of hydrogen-bond acceptors (Lipinski definition) is 3. The molecule has 5 heteroatoms. The smallest absolute Gasteiger partial charge is 0.305 e. The quantitative estimate of drug-likeness (QED) is 0.754. The number of carboxylic acids is 1. The minimum atomic E-state index is -0.898. The molecule has 4 nitrogen and oxygen atoms in total. The van der Waals surface area contributed by atoms with Crippen LogP contribution in [0.15, 0.2) is 12.1 Å². The number of anilines is 1. The summed E-state index contributed by atoms with van der Waals surface area (Å²) >= 11 is 1.47. The predicted molar refractivity (Wildman–Crippen MR) is 54.7 cm³/mol. The van der Waals surface area contributed by atoms with Crippen LogP contribution in [0.1, 0.15) is 11.3 Å². The van der Waals surface area contributed by atoms with Crippen molar-refractivity contribution >= 4 is 28.7 Å². The van der Waals surface area contributed by atoms with Crippen LogP contribution >= 0.6 is 11.3 Å². The van der Waals surface area contributed by atoms with Gasteiger partial charge in [-0.1, -0.05) is 0 Å². The van der Waals surface area contributed by atoms with Crippen molar-refractivity contribution in [3.63, 3.8) is 0 Å². The van der Waals surface area contributed by atoms with Gasteiger partial charge in [0.05, 0.1) is 11.4 Å². The van der Waals surface area contributed by atoms with Gasteiger partial charge in [0.1, 0.15) is 0 Å². The van der Waals surface area contributed by atoms with E-state index in [9.17, 15) is 9.59 Å². The van der Waals surface area contributed by atoms with E-state index in [4.69, 9.17) is 5.11 Å². The second-order valence-corrected chi connectivity index (χ2v) is 4.09. The van der Waals surface area contributed by atoms with Crippen molar-refractivity contribution in [2.24, 2.45) is 0 Å². The highest BCUT2D eigenvalue weighted by Crippen LogP contribution is 2.24. The van der Waals surface area contributed by atoms with Crippen LogP contribution in [-0.2, 0) is 9.59 Å². The van der Waals surface area contributed by atoms with Gasteiger partial charge in [0.2, 0.25) is 6.41 Å². The van der Waals surface area contributed by atoms with E-state index in [1.54, 1.807) is 0 Å². The van der Waals surface area contributed by atoms with Crippen molar-refractivity contribution in [1.29, 1.82) is 0 Å². The topological polar surface area (TPSA) is 57.6 Å². The van der Waals surface area contributed by atoms with Gasteiger partial charge >= 0.3 is 5.97 Å². The molecule has 14 heavy (non-hydrogen) atoms. The SMILES string of the molecule is Cc1ccc(N(C=O)CCC(=O)O)s1. The van der Waals surface area contributed by atoms with Crippen molar-refractivity contribution < 1.29 is 14.7 Å². The van der Waals surface area contributed by atoms with E-state index in [0.717, 1.165) is 9.88 Å². The van der Waals surface area contributed by atoms with Crippen LogP contribution in [-0.4, -0.2) is 24.0 Å². The average Bonchev–Trinajstić information content (AvgIpc) is 2.53. The Morgan fingerprint density at radius 3 is 2.79 bits per heavy atom. The fraction of sp³-hybridized carbons (Fsp3) is 0.333. The van der Waals surface area contributed by atoms with Crippen LogP contribution in [0.4, 0.5) is 5.00 Å². The Kier molecular flexibility index (Phi) is 3.64. The highest BCUT2D eigenvalue weighted by Gasteiger charge is 2.08. The molecular weight excluding hydrogens is 202 g/mol. The molecule has 0 aliphatic heterocycles. The van der Waals surface area contributed by atoms with Crippen LogP contribution in [0.3, 0.4) is 0 Å². The van der Waals surface area contributed by atoms with Gasteiger partial charge in [-0.25, -0.2) is 0 Å². The number of nitrogens with zero attached hydrogens (tertiary/aromatic N) is 1. The summed E-state index contributed by atoms with van der Waals surface area (Å²) in [5, 5.41) is 9.26. The molecule has 0 radical (unpaired) electrons. The minimum Gasteiger partial charge on any atom is -0.481 e. The molecule has 1 rings (SSSR count). The Balaban J connectivity index is 2.62. The molecule has 0 aliphatic rings. The monoisotopic (exact) mass is 213 g/mol. The van der Waals surface area contributed by atoms with Crippen LogP contribution in [0.2, 0.25) is 0 Å².